The quantitative estimate of drug-likeness (QED) is 0.790. The van der Waals surface area contributed by atoms with Gasteiger partial charge in [-0.25, -0.2) is 0 Å². The van der Waals surface area contributed by atoms with Crippen LogP contribution >= 0.6 is 31.9 Å². The summed E-state index contributed by atoms with van der Waals surface area (Å²) in [5, 5.41) is 3.05. The minimum atomic E-state index is -0.100. The van der Waals surface area contributed by atoms with Crippen LogP contribution in [0.1, 0.15) is 23.6 Å². The molecule has 0 unspecified atom stereocenters. The number of carbonyl (C=O) groups is 1. The molecule has 0 aromatic heterocycles. The van der Waals surface area contributed by atoms with Crippen LogP contribution in [0, 0.1) is 0 Å². The van der Waals surface area contributed by atoms with E-state index < -0.39 is 0 Å². The van der Waals surface area contributed by atoms with E-state index in [1.807, 2.05) is 30.3 Å². The molecule has 0 aliphatic heterocycles. The van der Waals surface area contributed by atoms with Gasteiger partial charge in [-0.3, -0.25) is 4.79 Å². The molecule has 114 valence electrons. The van der Waals surface area contributed by atoms with Crippen molar-refractivity contribution in [1.82, 2.24) is 5.32 Å². The molecule has 0 bridgehead atoms. The van der Waals surface area contributed by atoms with Crippen molar-refractivity contribution in [1.29, 1.82) is 0 Å². The molecule has 1 N–H and O–H groups in total. The third-order valence-electron chi connectivity index (χ3n) is 3.72. The Hall–Kier alpha value is -1.33. The first-order valence-corrected chi connectivity index (χ1v) is 8.67. The van der Waals surface area contributed by atoms with Crippen molar-refractivity contribution in [3.63, 3.8) is 0 Å². The van der Waals surface area contributed by atoms with Gasteiger partial charge in [-0.2, -0.15) is 0 Å². The highest BCUT2D eigenvalue weighted by atomic mass is 79.9. The van der Waals surface area contributed by atoms with E-state index in [0.717, 1.165) is 21.8 Å². The Labute approximate surface area is 146 Å². The second-order valence-electron chi connectivity index (χ2n) is 5.22. The van der Waals surface area contributed by atoms with Crippen molar-refractivity contribution in [2.45, 2.75) is 18.9 Å². The first kappa shape index (κ1) is 15.6. The molecule has 1 amide bonds. The van der Waals surface area contributed by atoms with Crippen LogP contribution in [-0.4, -0.2) is 12.5 Å². The number of halogens is 2. The Bertz CT molecular complexity index is 703. The maximum atomic E-state index is 12.1. The molecule has 22 heavy (non-hydrogen) atoms. The van der Waals surface area contributed by atoms with Crippen molar-refractivity contribution in [2.24, 2.45) is 0 Å². The number of aryl methyl sites for hydroxylation is 1. The topological polar surface area (TPSA) is 38.3 Å². The van der Waals surface area contributed by atoms with Gasteiger partial charge in [0.25, 0.3) is 5.91 Å². The first-order chi connectivity index (χ1) is 10.6. The van der Waals surface area contributed by atoms with Gasteiger partial charge in [-0.15, -0.1) is 0 Å². The number of fused-ring (bicyclic) bond motifs is 1. The molecule has 1 atom stereocenters. The van der Waals surface area contributed by atoms with Gasteiger partial charge in [0.05, 0.1) is 10.5 Å². The van der Waals surface area contributed by atoms with Crippen LogP contribution < -0.4 is 10.1 Å². The van der Waals surface area contributed by atoms with E-state index in [-0.39, 0.29) is 18.6 Å². The number of benzene rings is 2. The largest absolute Gasteiger partial charge is 0.483 e. The Balaban J connectivity index is 1.57. The molecular weight excluding hydrogens is 410 g/mol. The van der Waals surface area contributed by atoms with Gasteiger partial charge in [0.1, 0.15) is 5.75 Å². The minimum Gasteiger partial charge on any atom is -0.483 e. The highest BCUT2D eigenvalue weighted by Crippen LogP contribution is 2.31. The molecule has 1 aliphatic rings. The normalized spacial score (nSPS) is 16.2. The summed E-state index contributed by atoms with van der Waals surface area (Å²) in [6, 6.07) is 13.9. The summed E-state index contributed by atoms with van der Waals surface area (Å²) in [4.78, 5) is 12.1. The van der Waals surface area contributed by atoms with Crippen molar-refractivity contribution in [2.75, 3.05) is 6.61 Å². The first-order valence-electron chi connectivity index (χ1n) is 7.08. The fraction of sp³-hybridized carbons (Fsp3) is 0.235. The lowest BCUT2D eigenvalue weighted by atomic mass is 10.1. The highest BCUT2D eigenvalue weighted by Gasteiger charge is 2.23. The number of hydrogen-bond donors (Lipinski definition) is 1. The summed E-state index contributed by atoms with van der Waals surface area (Å²) >= 11 is 6.81. The van der Waals surface area contributed by atoms with E-state index in [0.29, 0.717) is 5.75 Å². The number of ether oxygens (including phenoxy) is 1. The average Bonchev–Trinajstić information content (AvgIpc) is 2.90. The zero-order valence-corrected chi connectivity index (χ0v) is 15.0. The lowest BCUT2D eigenvalue weighted by molar-refractivity contribution is -0.123. The number of amides is 1. The molecule has 0 saturated carbocycles. The van der Waals surface area contributed by atoms with E-state index >= 15 is 0 Å². The van der Waals surface area contributed by atoms with Crippen molar-refractivity contribution < 1.29 is 9.53 Å². The molecule has 2 aromatic rings. The van der Waals surface area contributed by atoms with Gasteiger partial charge in [0.2, 0.25) is 0 Å². The predicted molar refractivity (Wildman–Crippen MR) is 93.0 cm³/mol. The van der Waals surface area contributed by atoms with E-state index in [1.54, 1.807) is 0 Å². The predicted octanol–water partition coefficient (Wildman–Crippen LogP) is 4.39. The average molecular weight is 425 g/mol. The fourth-order valence-corrected chi connectivity index (χ4v) is 3.84. The molecule has 5 heteroatoms. The van der Waals surface area contributed by atoms with Gasteiger partial charge in [-0.05, 0) is 58.1 Å². The molecule has 0 spiro atoms. The van der Waals surface area contributed by atoms with Gasteiger partial charge < -0.3 is 10.1 Å². The van der Waals surface area contributed by atoms with E-state index in [4.69, 9.17) is 4.74 Å². The Morgan fingerprint density at radius 2 is 2.05 bits per heavy atom. The van der Waals surface area contributed by atoms with Crippen molar-refractivity contribution in [3.8, 4) is 5.75 Å². The Morgan fingerprint density at radius 3 is 2.86 bits per heavy atom. The molecule has 0 fully saturated rings. The molecule has 2 aromatic carbocycles. The maximum absolute atomic E-state index is 12.1. The Morgan fingerprint density at radius 1 is 1.23 bits per heavy atom. The standard InChI is InChI=1S/C17H15Br2NO2/c18-12-6-8-16(14(19)9-12)22-10-17(21)20-15-7-5-11-3-1-2-4-13(11)15/h1-4,6,8-9,15H,5,7,10H2,(H,20,21)/t15-/m1/s1. The van der Waals surface area contributed by atoms with E-state index in [1.165, 1.54) is 11.1 Å². The molecule has 3 rings (SSSR count). The number of rotatable bonds is 4. The number of carbonyl (C=O) groups excluding carboxylic acids is 1. The molecule has 0 heterocycles. The van der Waals surface area contributed by atoms with Crippen LogP contribution in [0.3, 0.4) is 0 Å². The van der Waals surface area contributed by atoms with Crippen LogP contribution in [0.25, 0.3) is 0 Å². The van der Waals surface area contributed by atoms with E-state index in [2.05, 4.69) is 49.3 Å². The highest BCUT2D eigenvalue weighted by molar-refractivity contribution is 9.11. The molecule has 0 saturated heterocycles. The van der Waals surface area contributed by atoms with Crippen molar-refractivity contribution >= 4 is 37.8 Å². The summed E-state index contributed by atoms with van der Waals surface area (Å²) in [7, 11) is 0. The monoisotopic (exact) mass is 423 g/mol. The minimum absolute atomic E-state index is 0.0128. The maximum Gasteiger partial charge on any atom is 0.258 e. The van der Waals surface area contributed by atoms with Crippen molar-refractivity contribution in [3.05, 3.63) is 62.5 Å². The lowest BCUT2D eigenvalue weighted by Crippen LogP contribution is -2.31. The molecule has 1 aliphatic carbocycles. The fourth-order valence-electron chi connectivity index (χ4n) is 2.68. The van der Waals surface area contributed by atoms with Crippen LogP contribution in [0.4, 0.5) is 0 Å². The summed E-state index contributed by atoms with van der Waals surface area (Å²) in [6.45, 7) is 0.0128. The zero-order valence-electron chi connectivity index (χ0n) is 11.8. The van der Waals surface area contributed by atoms with Crippen LogP contribution in [0.2, 0.25) is 0 Å². The third kappa shape index (κ3) is 3.52. The van der Waals surface area contributed by atoms with Crippen LogP contribution in [-0.2, 0) is 11.2 Å². The van der Waals surface area contributed by atoms with Crippen LogP contribution in [0.15, 0.2) is 51.4 Å². The number of nitrogens with one attached hydrogen (secondary N) is 1. The Kier molecular flexibility index (Phi) is 4.84. The number of hydrogen-bond acceptors (Lipinski definition) is 2. The third-order valence-corrected chi connectivity index (χ3v) is 4.83. The second-order valence-corrected chi connectivity index (χ2v) is 6.99. The smallest absolute Gasteiger partial charge is 0.258 e. The summed E-state index contributed by atoms with van der Waals surface area (Å²) < 4.78 is 7.35. The van der Waals surface area contributed by atoms with Gasteiger partial charge in [-0.1, -0.05) is 40.2 Å². The van der Waals surface area contributed by atoms with E-state index in [9.17, 15) is 4.79 Å². The molecular formula is C17H15Br2NO2. The lowest BCUT2D eigenvalue weighted by Gasteiger charge is -2.15. The SMILES string of the molecule is O=C(COc1ccc(Br)cc1Br)N[C@@H]1CCc2ccccc21. The summed E-state index contributed by atoms with van der Waals surface area (Å²) in [6.07, 6.45) is 1.97. The van der Waals surface area contributed by atoms with Gasteiger partial charge >= 0.3 is 0 Å². The molecule has 0 radical (unpaired) electrons. The summed E-state index contributed by atoms with van der Waals surface area (Å²) in [5.74, 6) is 0.557. The zero-order chi connectivity index (χ0) is 15.5. The van der Waals surface area contributed by atoms with Gasteiger partial charge in [0.15, 0.2) is 6.61 Å². The molecule has 3 nitrogen and oxygen atoms in total. The second kappa shape index (κ2) is 6.84. The van der Waals surface area contributed by atoms with Crippen LogP contribution in [0.5, 0.6) is 5.75 Å². The van der Waals surface area contributed by atoms with Gasteiger partial charge in [0, 0.05) is 4.47 Å². The summed E-state index contributed by atoms with van der Waals surface area (Å²) in [5.41, 5.74) is 2.55.